The highest BCUT2D eigenvalue weighted by atomic mass is 16.1. The fraction of sp³-hybridized carbons (Fsp3) is 0.579. The lowest BCUT2D eigenvalue weighted by molar-refractivity contribution is 0.304. The highest BCUT2D eigenvalue weighted by Gasteiger charge is 2.40. The fourth-order valence-corrected chi connectivity index (χ4v) is 4.40. The Kier molecular flexibility index (Phi) is 3.77. The molecule has 2 unspecified atom stereocenters. The number of rotatable bonds is 4. The molecule has 3 fully saturated rings. The molecule has 136 valence electrons. The molecule has 7 heteroatoms. The molecule has 5 rings (SSSR count). The second-order valence-electron chi connectivity index (χ2n) is 8.02. The molecule has 1 aliphatic carbocycles. The maximum absolute atomic E-state index is 11.5. The SMILES string of the molecule is Cn1cc(CN2CC3CN(c4cc(C5CC5)ncn4)CC3C2)ncc1=O. The van der Waals surface area contributed by atoms with Gasteiger partial charge in [0, 0.05) is 63.6 Å². The molecule has 0 spiro atoms. The monoisotopic (exact) mass is 352 g/mol. The third-order valence-electron chi connectivity index (χ3n) is 5.97. The molecule has 2 aromatic heterocycles. The van der Waals surface area contributed by atoms with Crippen molar-refractivity contribution in [1.82, 2.24) is 24.4 Å². The Morgan fingerprint density at radius 2 is 1.85 bits per heavy atom. The van der Waals surface area contributed by atoms with Crippen LogP contribution in [0.3, 0.4) is 0 Å². The van der Waals surface area contributed by atoms with E-state index in [0.29, 0.717) is 17.8 Å². The zero-order chi connectivity index (χ0) is 17.7. The maximum Gasteiger partial charge on any atom is 0.268 e. The lowest BCUT2D eigenvalue weighted by Crippen LogP contribution is -2.30. The van der Waals surface area contributed by atoms with Gasteiger partial charge in [0.05, 0.1) is 11.9 Å². The van der Waals surface area contributed by atoms with Gasteiger partial charge in [-0.3, -0.25) is 14.7 Å². The van der Waals surface area contributed by atoms with Crippen molar-refractivity contribution in [2.24, 2.45) is 18.9 Å². The third-order valence-corrected chi connectivity index (χ3v) is 5.97. The van der Waals surface area contributed by atoms with Crippen molar-refractivity contribution in [3.63, 3.8) is 0 Å². The van der Waals surface area contributed by atoms with E-state index in [9.17, 15) is 4.79 Å². The molecule has 4 heterocycles. The summed E-state index contributed by atoms with van der Waals surface area (Å²) in [6.45, 7) is 5.14. The van der Waals surface area contributed by atoms with Gasteiger partial charge in [0.15, 0.2) is 0 Å². The number of fused-ring (bicyclic) bond motifs is 1. The van der Waals surface area contributed by atoms with Crippen LogP contribution in [0, 0.1) is 11.8 Å². The average Bonchev–Trinajstić information content (AvgIpc) is 3.31. The summed E-state index contributed by atoms with van der Waals surface area (Å²) < 4.78 is 1.60. The van der Waals surface area contributed by atoms with Gasteiger partial charge in [-0.05, 0) is 24.7 Å². The molecule has 0 N–H and O–H groups in total. The molecule has 0 aromatic carbocycles. The highest BCUT2D eigenvalue weighted by Crippen LogP contribution is 2.40. The minimum absolute atomic E-state index is 0.0573. The van der Waals surface area contributed by atoms with Crippen LogP contribution in [0.5, 0.6) is 0 Å². The summed E-state index contributed by atoms with van der Waals surface area (Å²) in [4.78, 5) is 29.6. The molecule has 2 aromatic rings. The zero-order valence-electron chi connectivity index (χ0n) is 15.1. The van der Waals surface area contributed by atoms with Crippen LogP contribution in [0.1, 0.15) is 30.1 Å². The summed E-state index contributed by atoms with van der Waals surface area (Å²) in [7, 11) is 1.78. The van der Waals surface area contributed by atoms with Crippen molar-refractivity contribution in [2.75, 3.05) is 31.1 Å². The van der Waals surface area contributed by atoms with E-state index in [1.165, 1.54) is 24.7 Å². The minimum atomic E-state index is -0.0573. The summed E-state index contributed by atoms with van der Waals surface area (Å²) in [5, 5.41) is 0. The van der Waals surface area contributed by atoms with Crippen LogP contribution in [0.15, 0.2) is 29.6 Å². The third kappa shape index (κ3) is 3.00. The second kappa shape index (κ2) is 6.16. The lowest BCUT2D eigenvalue weighted by atomic mass is 10.0. The number of anilines is 1. The predicted octanol–water partition coefficient (Wildman–Crippen LogP) is 1.02. The smallest absolute Gasteiger partial charge is 0.268 e. The second-order valence-corrected chi connectivity index (χ2v) is 8.02. The molecule has 1 saturated carbocycles. The number of aryl methyl sites for hydroxylation is 1. The summed E-state index contributed by atoms with van der Waals surface area (Å²) >= 11 is 0. The number of nitrogens with zero attached hydrogens (tertiary/aromatic N) is 6. The molecule has 26 heavy (non-hydrogen) atoms. The van der Waals surface area contributed by atoms with Gasteiger partial charge in [0.25, 0.3) is 5.56 Å². The van der Waals surface area contributed by atoms with Crippen molar-refractivity contribution in [3.8, 4) is 0 Å². The zero-order valence-corrected chi connectivity index (χ0v) is 15.1. The predicted molar refractivity (Wildman–Crippen MR) is 98.0 cm³/mol. The largest absolute Gasteiger partial charge is 0.356 e. The highest BCUT2D eigenvalue weighted by molar-refractivity contribution is 5.42. The van der Waals surface area contributed by atoms with E-state index < -0.39 is 0 Å². The average molecular weight is 352 g/mol. The maximum atomic E-state index is 11.5. The van der Waals surface area contributed by atoms with Crippen LogP contribution < -0.4 is 10.5 Å². The van der Waals surface area contributed by atoms with Crippen LogP contribution in [-0.4, -0.2) is 50.6 Å². The van der Waals surface area contributed by atoms with E-state index in [2.05, 4.69) is 30.8 Å². The molecule has 2 saturated heterocycles. The van der Waals surface area contributed by atoms with Crippen molar-refractivity contribution in [3.05, 3.63) is 46.5 Å². The van der Waals surface area contributed by atoms with Gasteiger partial charge in [-0.15, -0.1) is 0 Å². The van der Waals surface area contributed by atoms with Crippen LogP contribution in [0.25, 0.3) is 0 Å². The number of likely N-dealkylation sites (tertiary alicyclic amines) is 1. The summed E-state index contributed by atoms with van der Waals surface area (Å²) in [5.74, 6) is 3.13. The Bertz CT molecular complexity index is 862. The van der Waals surface area contributed by atoms with E-state index in [1.807, 2.05) is 6.20 Å². The number of aromatic nitrogens is 4. The summed E-state index contributed by atoms with van der Waals surface area (Å²) in [6.07, 6.45) is 7.55. The van der Waals surface area contributed by atoms with Crippen molar-refractivity contribution >= 4 is 5.82 Å². The first-order chi connectivity index (χ1) is 12.7. The van der Waals surface area contributed by atoms with Gasteiger partial charge >= 0.3 is 0 Å². The van der Waals surface area contributed by atoms with Gasteiger partial charge < -0.3 is 9.47 Å². The Labute approximate surface area is 152 Å². The first-order valence-electron chi connectivity index (χ1n) is 9.46. The van der Waals surface area contributed by atoms with Crippen molar-refractivity contribution in [1.29, 1.82) is 0 Å². The van der Waals surface area contributed by atoms with E-state index in [4.69, 9.17) is 0 Å². The van der Waals surface area contributed by atoms with Crippen LogP contribution in [0.4, 0.5) is 5.82 Å². The standard InChI is InChI=1S/C19H24N6O/c1-23-10-16(20-5-19(23)26)11-24-6-14-8-25(9-15(14)7-24)18-4-17(13-2-3-13)21-12-22-18/h4-5,10,12-15H,2-3,6-9,11H2,1H3. The van der Waals surface area contributed by atoms with Gasteiger partial charge in [0.1, 0.15) is 12.1 Å². The number of hydrogen-bond donors (Lipinski definition) is 0. The quantitative estimate of drug-likeness (QED) is 0.818. The van der Waals surface area contributed by atoms with E-state index in [1.54, 1.807) is 17.9 Å². The Morgan fingerprint density at radius 3 is 2.54 bits per heavy atom. The van der Waals surface area contributed by atoms with Gasteiger partial charge in [0.2, 0.25) is 0 Å². The van der Waals surface area contributed by atoms with E-state index in [0.717, 1.165) is 44.2 Å². The summed E-state index contributed by atoms with van der Waals surface area (Å²) in [6, 6.07) is 2.20. The van der Waals surface area contributed by atoms with Crippen molar-refractivity contribution in [2.45, 2.75) is 25.3 Å². The van der Waals surface area contributed by atoms with Crippen LogP contribution in [-0.2, 0) is 13.6 Å². The Balaban J connectivity index is 1.22. The van der Waals surface area contributed by atoms with Gasteiger partial charge in [-0.1, -0.05) is 0 Å². The van der Waals surface area contributed by atoms with Crippen LogP contribution in [0.2, 0.25) is 0 Å². The molecule has 0 amide bonds. The van der Waals surface area contributed by atoms with E-state index >= 15 is 0 Å². The fourth-order valence-electron chi connectivity index (χ4n) is 4.40. The Morgan fingerprint density at radius 1 is 1.08 bits per heavy atom. The van der Waals surface area contributed by atoms with Crippen LogP contribution >= 0.6 is 0 Å². The molecule has 0 radical (unpaired) electrons. The lowest BCUT2D eigenvalue weighted by Gasteiger charge is -2.22. The van der Waals surface area contributed by atoms with Crippen molar-refractivity contribution < 1.29 is 0 Å². The molecular weight excluding hydrogens is 328 g/mol. The molecule has 2 atom stereocenters. The summed E-state index contributed by atoms with van der Waals surface area (Å²) in [5.41, 5.74) is 2.13. The minimum Gasteiger partial charge on any atom is -0.356 e. The Hall–Kier alpha value is -2.28. The molecular formula is C19H24N6O. The topological polar surface area (TPSA) is 67.2 Å². The molecule has 2 aliphatic heterocycles. The first-order valence-corrected chi connectivity index (χ1v) is 9.46. The normalized spacial score (nSPS) is 25.7. The van der Waals surface area contributed by atoms with Gasteiger partial charge in [-0.25, -0.2) is 9.97 Å². The molecule has 3 aliphatic rings. The molecule has 0 bridgehead atoms. The van der Waals surface area contributed by atoms with Gasteiger partial charge in [-0.2, -0.15) is 0 Å². The van der Waals surface area contributed by atoms with E-state index in [-0.39, 0.29) is 5.56 Å². The number of hydrogen-bond acceptors (Lipinski definition) is 6. The molecule has 7 nitrogen and oxygen atoms in total. The first kappa shape index (κ1) is 15.9.